The van der Waals surface area contributed by atoms with Crippen molar-refractivity contribution in [2.75, 3.05) is 7.11 Å². The van der Waals surface area contributed by atoms with E-state index in [1.807, 2.05) is 38.1 Å². The Morgan fingerprint density at radius 1 is 1.29 bits per heavy atom. The van der Waals surface area contributed by atoms with E-state index in [1.54, 1.807) is 11.8 Å². The van der Waals surface area contributed by atoms with Crippen molar-refractivity contribution >= 4 is 0 Å². The lowest BCUT2D eigenvalue weighted by molar-refractivity contribution is 0.280. The number of rotatable bonds is 3. The Bertz CT molecular complexity index is 532. The predicted octanol–water partition coefficient (Wildman–Crippen LogP) is 1.99. The number of aliphatic hydroxyl groups is 1. The lowest BCUT2D eigenvalue weighted by Crippen LogP contribution is -2.02. The number of hydrogen-bond donors (Lipinski definition) is 1. The molecule has 17 heavy (non-hydrogen) atoms. The van der Waals surface area contributed by atoms with Crippen LogP contribution in [0.15, 0.2) is 24.3 Å². The number of nitrogens with zero attached hydrogens (tertiary/aromatic N) is 2. The minimum atomic E-state index is 0.00676. The highest BCUT2D eigenvalue weighted by Gasteiger charge is 2.14. The summed E-state index contributed by atoms with van der Waals surface area (Å²) in [7, 11) is 1.64. The van der Waals surface area contributed by atoms with E-state index in [2.05, 4.69) is 5.10 Å². The van der Waals surface area contributed by atoms with Crippen molar-refractivity contribution in [3.05, 3.63) is 41.2 Å². The number of aryl methyl sites for hydroxylation is 1. The van der Waals surface area contributed by atoms with Gasteiger partial charge in [-0.05, 0) is 26.0 Å². The molecule has 1 N–H and O–H groups in total. The van der Waals surface area contributed by atoms with Gasteiger partial charge in [0.2, 0.25) is 0 Å². The molecule has 1 heterocycles. The van der Waals surface area contributed by atoms with Crippen molar-refractivity contribution in [3.63, 3.8) is 0 Å². The van der Waals surface area contributed by atoms with Crippen molar-refractivity contribution < 1.29 is 9.84 Å². The zero-order valence-electron chi connectivity index (χ0n) is 10.3. The molecule has 2 rings (SSSR count). The maximum Gasteiger partial charge on any atom is 0.144 e. The number of aromatic nitrogens is 2. The van der Waals surface area contributed by atoms with Gasteiger partial charge < -0.3 is 9.84 Å². The van der Waals surface area contributed by atoms with Crippen LogP contribution in [0.5, 0.6) is 5.75 Å². The van der Waals surface area contributed by atoms with Crippen LogP contribution in [0, 0.1) is 13.8 Å². The molecule has 0 saturated carbocycles. The van der Waals surface area contributed by atoms with Crippen LogP contribution in [-0.2, 0) is 6.61 Å². The fourth-order valence-corrected chi connectivity index (χ4v) is 1.94. The molecule has 2 aromatic rings. The zero-order valence-corrected chi connectivity index (χ0v) is 10.3. The topological polar surface area (TPSA) is 47.3 Å². The second-order valence-electron chi connectivity index (χ2n) is 3.89. The van der Waals surface area contributed by atoms with Gasteiger partial charge in [-0.25, -0.2) is 4.68 Å². The van der Waals surface area contributed by atoms with E-state index in [0.29, 0.717) is 0 Å². The average Bonchev–Trinajstić information content (AvgIpc) is 2.64. The molecule has 90 valence electrons. The molecular formula is C13H16N2O2. The summed E-state index contributed by atoms with van der Waals surface area (Å²) in [6.07, 6.45) is 0. The predicted molar refractivity (Wildman–Crippen MR) is 65.5 cm³/mol. The molecule has 0 radical (unpaired) electrons. The number of methoxy groups -OCH3 is 1. The summed E-state index contributed by atoms with van der Waals surface area (Å²) < 4.78 is 7.12. The largest absolute Gasteiger partial charge is 0.494 e. The first-order valence-corrected chi connectivity index (χ1v) is 5.48. The molecule has 0 spiro atoms. The number of aliphatic hydroxyl groups excluding tert-OH is 1. The maximum atomic E-state index is 9.30. The van der Waals surface area contributed by atoms with Crippen molar-refractivity contribution in [1.29, 1.82) is 0 Å². The highest BCUT2D eigenvalue weighted by atomic mass is 16.5. The fraction of sp³-hybridized carbons (Fsp3) is 0.308. The molecule has 0 bridgehead atoms. The van der Waals surface area contributed by atoms with Crippen molar-refractivity contribution in [2.24, 2.45) is 0 Å². The molecule has 1 aromatic heterocycles. The first kappa shape index (κ1) is 11.7. The van der Waals surface area contributed by atoms with E-state index < -0.39 is 0 Å². The summed E-state index contributed by atoms with van der Waals surface area (Å²) in [4.78, 5) is 0. The first-order valence-electron chi connectivity index (χ1n) is 5.48. The van der Waals surface area contributed by atoms with Crippen LogP contribution in [0.4, 0.5) is 0 Å². The minimum absolute atomic E-state index is 0.00676. The molecule has 0 amide bonds. The lowest BCUT2D eigenvalue weighted by Gasteiger charge is -2.09. The molecule has 4 nitrogen and oxygen atoms in total. The quantitative estimate of drug-likeness (QED) is 0.880. The van der Waals surface area contributed by atoms with Gasteiger partial charge in [0, 0.05) is 11.3 Å². The van der Waals surface area contributed by atoms with Crippen molar-refractivity contribution in [2.45, 2.75) is 20.5 Å². The molecule has 0 unspecified atom stereocenters. The number of benzene rings is 1. The van der Waals surface area contributed by atoms with Crippen LogP contribution in [0.3, 0.4) is 0 Å². The molecule has 4 heteroatoms. The van der Waals surface area contributed by atoms with E-state index in [1.165, 1.54) is 0 Å². The maximum absolute atomic E-state index is 9.30. The van der Waals surface area contributed by atoms with Crippen LogP contribution in [0.25, 0.3) is 5.69 Å². The highest BCUT2D eigenvalue weighted by Crippen LogP contribution is 2.25. The van der Waals surface area contributed by atoms with Crippen LogP contribution in [-0.4, -0.2) is 22.0 Å². The van der Waals surface area contributed by atoms with Crippen LogP contribution >= 0.6 is 0 Å². The molecule has 0 saturated heterocycles. The average molecular weight is 232 g/mol. The smallest absolute Gasteiger partial charge is 0.144 e. The van der Waals surface area contributed by atoms with Gasteiger partial charge in [-0.15, -0.1) is 0 Å². The Hall–Kier alpha value is -1.81. The molecule has 0 atom stereocenters. The van der Waals surface area contributed by atoms with Gasteiger partial charge in [-0.1, -0.05) is 12.1 Å². The molecule has 1 aromatic carbocycles. The molecule has 0 aliphatic rings. The Kier molecular flexibility index (Phi) is 3.15. The van der Waals surface area contributed by atoms with Gasteiger partial charge in [0.25, 0.3) is 0 Å². The third-order valence-electron chi connectivity index (χ3n) is 2.91. The van der Waals surface area contributed by atoms with Crippen LogP contribution in [0.1, 0.15) is 17.0 Å². The second kappa shape index (κ2) is 4.59. The van der Waals surface area contributed by atoms with Gasteiger partial charge in [0.1, 0.15) is 11.4 Å². The highest BCUT2D eigenvalue weighted by molar-refractivity contribution is 5.48. The van der Waals surface area contributed by atoms with Gasteiger partial charge in [0.05, 0.1) is 19.4 Å². The minimum Gasteiger partial charge on any atom is -0.494 e. The summed E-state index contributed by atoms with van der Waals surface area (Å²) in [5, 5.41) is 13.7. The van der Waals surface area contributed by atoms with Crippen LogP contribution in [0.2, 0.25) is 0 Å². The monoisotopic (exact) mass is 232 g/mol. The Labute approximate surface area is 100 Å². The van der Waals surface area contributed by atoms with Gasteiger partial charge in [0.15, 0.2) is 0 Å². The van der Waals surface area contributed by atoms with Crippen LogP contribution < -0.4 is 4.74 Å². The van der Waals surface area contributed by atoms with Gasteiger partial charge in [-0.3, -0.25) is 0 Å². The van der Waals surface area contributed by atoms with E-state index in [-0.39, 0.29) is 6.61 Å². The second-order valence-corrected chi connectivity index (χ2v) is 3.89. The molecule has 0 aliphatic heterocycles. The summed E-state index contributed by atoms with van der Waals surface area (Å²) in [6, 6.07) is 7.69. The molecule has 0 aliphatic carbocycles. The lowest BCUT2D eigenvalue weighted by atomic mass is 10.2. The summed E-state index contributed by atoms with van der Waals surface area (Å²) >= 11 is 0. The van der Waals surface area contributed by atoms with E-state index in [9.17, 15) is 5.11 Å². The van der Waals surface area contributed by atoms with Gasteiger partial charge in [-0.2, -0.15) is 5.10 Å². The van der Waals surface area contributed by atoms with E-state index in [0.717, 1.165) is 28.4 Å². The number of hydrogen-bond acceptors (Lipinski definition) is 3. The molecular weight excluding hydrogens is 216 g/mol. The first-order chi connectivity index (χ1) is 8.19. The summed E-state index contributed by atoms with van der Waals surface area (Å²) in [6.45, 7) is 3.84. The summed E-state index contributed by atoms with van der Waals surface area (Å²) in [5.74, 6) is 0.766. The third-order valence-corrected chi connectivity index (χ3v) is 2.91. The van der Waals surface area contributed by atoms with Crippen molar-refractivity contribution in [3.8, 4) is 11.4 Å². The Morgan fingerprint density at radius 2 is 2.00 bits per heavy atom. The third kappa shape index (κ3) is 1.91. The standard InChI is InChI=1S/C13H16N2O2/c1-9-11(8-16)10(2)15(14-9)12-6-4-5-7-13(12)17-3/h4-7,16H,8H2,1-3H3. The number of para-hydroxylation sites is 2. The molecule has 0 fully saturated rings. The SMILES string of the molecule is COc1ccccc1-n1nc(C)c(CO)c1C. The van der Waals surface area contributed by atoms with Crippen molar-refractivity contribution in [1.82, 2.24) is 9.78 Å². The van der Waals surface area contributed by atoms with Gasteiger partial charge >= 0.3 is 0 Å². The van der Waals surface area contributed by atoms with E-state index in [4.69, 9.17) is 4.74 Å². The Balaban J connectivity index is 2.61. The zero-order chi connectivity index (χ0) is 12.4. The van der Waals surface area contributed by atoms with E-state index >= 15 is 0 Å². The number of ether oxygens (including phenoxy) is 1. The summed E-state index contributed by atoms with van der Waals surface area (Å²) in [5.41, 5.74) is 3.54. The Morgan fingerprint density at radius 3 is 2.59 bits per heavy atom. The fourth-order valence-electron chi connectivity index (χ4n) is 1.94. The normalized spacial score (nSPS) is 10.6.